The zero-order valence-corrected chi connectivity index (χ0v) is 19.3. The highest BCUT2D eigenvalue weighted by atomic mass is 32.1. The lowest BCUT2D eigenvalue weighted by Gasteiger charge is -2.32. The van der Waals surface area contributed by atoms with E-state index in [0.717, 1.165) is 59.3 Å². The second kappa shape index (κ2) is 8.04. The minimum absolute atomic E-state index is 0.678. The molecule has 0 aromatic carbocycles. The lowest BCUT2D eigenvalue weighted by atomic mass is 9.87. The second-order valence-corrected chi connectivity index (χ2v) is 9.29. The first-order valence-corrected chi connectivity index (χ1v) is 11.5. The smallest absolute Gasteiger partial charge is 0.158 e. The van der Waals surface area contributed by atoms with Gasteiger partial charge in [0, 0.05) is 38.1 Å². The number of aryl methyl sites for hydroxylation is 2. The molecule has 3 aromatic rings. The van der Waals surface area contributed by atoms with Crippen molar-refractivity contribution >= 4 is 28.7 Å². The van der Waals surface area contributed by atoms with Crippen molar-refractivity contribution in [1.82, 2.24) is 14.8 Å². The fraction of sp³-hybridized carbons (Fsp3) is 0.478. The van der Waals surface area contributed by atoms with Crippen molar-refractivity contribution in [3.63, 3.8) is 0 Å². The van der Waals surface area contributed by atoms with Crippen LogP contribution in [0, 0.1) is 6.92 Å². The number of hydrogen-bond donors (Lipinski definition) is 1. The summed E-state index contributed by atoms with van der Waals surface area (Å²) in [5, 5.41) is 18.8. The van der Waals surface area contributed by atoms with Gasteiger partial charge in [-0.25, -0.2) is 4.98 Å². The summed E-state index contributed by atoms with van der Waals surface area (Å²) in [4.78, 5) is 9.91. The van der Waals surface area contributed by atoms with Crippen LogP contribution in [-0.2, 0) is 19.1 Å². The van der Waals surface area contributed by atoms with Gasteiger partial charge >= 0.3 is 0 Å². The van der Waals surface area contributed by atoms with Crippen molar-refractivity contribution in [2.75, 3.05) is 30.4 Å². The van der Waals surface area contributed by atoms with Crippen molar-refractivity contribution in [3.8, 4) is 0 Å². The number of pyridine rings is 1. The number of hydrogen-bond acceptors (Lipinski definition) is 6. The maximum absolute atomic E-state index is 11.9. The van der Waals surface area contributed by atoms with E-state index in [-0.39, 0.29) is 0 Å². The van der Waals surface area contributed by atoms with Crippen molar-refractivity contribution < 1.29 is 5.11 Å². The van der Waals surface area contributed by atoms with E-state index in [1.165, 1.54) is 5.56 Å². The summed E-state index contributed by atoms with van der Waals surface area (Å²) < 4.78 is 1.90. The average Bonchev–Trinajstić information content (AvgIpc) is 3.35. The molecule has 0 bridgehead atoms. The Hall–Kier alpha value is -2.38. The van der Waals surface area contributed by atoms with Gasteiger partial charge in [0.1, 0.15) is 11.4 Å². The SMILES string of the molecule is CCCC(O)(c1cccs1)c1c2c(nn1C)N(c1cnc(N(C)C)cc1C)CCC2. The lowest BCUT2D eigenvalue weighted by Crippen LogP contribution is -2.31. The molecule has 0 fully saturated rings. The predicted octanol–water partition coefficient (Wildman–Crippen LogP) is 4.37. The molecule has 3 aromatic heterocycles. The third-order valence-electron chi connectivity index (χ3n) is 5.94. The second-order valence-electron chi connectivity index (χ2n) is 8.34. The van der Waals surface area contributed by atoms with E-state index in [4.69, 9.17) is 5.10 Å². The molecule has 4 heterocycles. The standard InChI is InChI=1S/C23H31N5OS/c1-6-11-23(29,19-10-8-13-30-19)21-17-9-7-12-28(22(17)25-27(21)5)18-15-24-20(26(3)4)14-16(18)2/h8,10,13-15,29H,6-7,9,11-12H2,1-5H3. The van der Waals surface area contributed by atoms with Crippen LogP contribution in [0.4, 0.5) is 17.3 Å². The van der Waals surface area contributed by atoms with Crippen LogP contribution in [0.5, 0.6) is 0 Å². The van der Waals surface area contributed by atoms with Gasteiger partial charge < -0.3 is 14.9 Å². The quantitative estimate of drug-likeness (QED) is 0.635. The lowest BCUT2D eigenvalue weighted by molar-refractivity contribution is 0.0643. The molecule has 1 atom stereocenters. The molecule has 1 aliphatic heterocycles. The van der Waals surface area contributed by atoms with Crippen molar-refractivity contribution in [1.29, 1.82) is 0 Å². The van der Waals surface area contributed by atoms with Gasteiger partial charge in [-0.15, -0.1) is 11.3 Å². The van der Waals surface area contributed by atoms with E-state index in [9.17, 15) is 5.11 Å². The summed E-state index contributed by atoms with van der Waals surface area (Å²) in [5.41, 5.74) is 3.34. The minimum atomic E-state index is -1.01. The molecule has 0 radical (unpaired) electrons. The van der Waals surface area contributed by atoms with Gasteiger partial charge in [-0.2, -0.15) is 5.10 Å². The molecule has 1 N–H and O–H groups in total. The van der Waals surface area contributed by atoms with Crippen molar-refractivity contribution in [3.05, 3.63) is 51.5 Å². The summed E-state index contributed by atoms with van der Waals surface area (Å²) in [6.45, 7) is 5.15. The predicted molar refractivity (Wildman–Crippen MR) is 124 cm³/mol. The fourth-order valence-corrected chi connectivity index (χ4v) is 5.42. The summed E-state index contributed by atoms with van der Waals surface area (Å²) in [5.74, 6) is 1.90. The molecule has 1 unspecified atom stereocenters. The Labute approximate surface area is 182 Å². The average molecular weight is 426 g/mol. The van der Waals surface area contributed by atoms with Crippen LogP contribution in [-0.4, -0.2) is 40.5 Å². The van der Waals surface area contributed by atoms with Crippen molar-refractivity contribution in [2.45, 2.75) is 45.1 Å². The zero-order chi connectivity index (χ0) is 21.5. The van der Waals surface area contributed by atoms with Crippen LogP contribution in [0.1, 0.15) is 47.9 Å². The van der Waals surface area contributed by atoms with E-state index in [2.05, 4.69) is 29.8 Å². The zero-order valence-electron chi connectivity index (χ0n) is 18.5. The van der Waals surface area contributed by atoms with Gasteiger partial charge in [0.15, 0.2) is 5.82 Å². The highest BCUT2D eigenvalue weighted by Crippen LogP contribution is 2.44. The van der Waals surface area contributed by atoms with Gasteiger partial charge in [0.25, 0.3) is 0 Å². The minimum Gasteiger partial charge on any atom is -0.378 e. The molecule has 0 amide bonds. The van der Waals surface area contributed by atoms with Crippen molar-refractivity contribution in [2.24, 2.45) is 7.05 Å². The van der Waals surface area contributed by atoms with Crippen LogP contribution in [0.2, 0.25) is 0 Å². The topological polar surface area (TPSA) is 57.4 Å². The largest absolute Gasteiger partial charge is 0.378 e. The summed E-state index contributed by atoms with van der Waals surface area (Å²) in [6.07, 6.45) is 5.47. The maximum Gasteiger partial charge on any atom is 0.158 e. The molecule has 1 aliphatic rings. The first-order chi connectivity index (χ1) is 14.4. The van der Waals surface area contributed by atoms with Crippen LogP contribution in [0.3, 0.4) is 0 Å². The molecule has 0 spiro atoms. The monoisotopic (exact) mass is 425 g/mol. The molecule has 4 rings (SSSR count). The highest BCUT2D eigenvalue weighted by Gasteiger charge is 2.40. The molecule has 160 valence electrons. The van der Waals surface area contributed by atoms with Gasteiger partial charge in [-0.05, 0) is 49.3 Å². The molecule has 7 heteroatoms. The van der Waals surface area contributed by atoms with Crippen LogP contribution < -0.4 is 9.80 Å². The Balaban J connectivity index is 1.82. The van der Waals surface area contributed by atoms with Gasteiger partial charge in [0.2, 0.25) is 0 Å². The third kappa shape index (κ3) is 3.40. The Bertz CT molecular complexity index is 1030. The summed E-state index contributed by atoms with van der Waals surface area (Å²) in [6, 6.07) is 6.16. The Morgan fingerprint density at radius 1 is 1.33 bits per heavy atom. The van der Waals surface area contributed by atoms with E-state index in [1.54, 1.807) is 11.3 Å². The maximum atomic E-state index is 11.9. The molecule has 0 saturated carbocycles. The number of fused-ring (bicyclic) bond motifs is 1. The third-order valence-corrected chi connectivity index (χ3v) is 6.96. The van der Waals surface area contributed by atoms with Gasteiger partial charge in [-0.3, -0.25) is 4.68 Å². The van der Waals surface area contributed by atoms with Crippen LogP contribution in [0.15, 0.2) is 29.8 Å². The number of aliphatic hydroxyl groups is 1. The molecular formula is C23H31N5OS. The number of anilines is 3. The summed E-state index contributed by atoms with van der Waals surface area (Å²) >= 11 is 1.61. The van der Waals surface area contributed by atoms with E-state index < -0.39 is 5.60 Å². The van der Waals surface area contributed by atoms with E-state index in [1.807, 2.05) is 54.4 Å². The molecule has 30 heavy (non-hydrogen) atoms. The van der Waals surface area contributed by atoms with Crippen LogP contribution >= 0.6 is 11.3 Å². The number of rotatable bonds is 6. The molecular weight excluding hydrogens is 394 g/mol. The summed E-state index contributed by atoms with van der Waals surface area (Å²) in [7, 11) is 5.97. The highest BCUT2D eigenvalue weighted by molar-refractivity contribution is 7.10. The Morgan fingerprint density at radius 2 is 2.13 bits per heavy atom. The Kier molecular flexibility index (Phi) is 5.59. The fourth-order valence-electron chi connectivity index (χ4n) is 4.57. The van der Waals surface area contributed by atoms with E-state index in [0.29, 0.717) is 6.42 Å². The first kappa shape index (κ1) is 20.9. The number of nitrogens with zero attached hydrogens (tertiary/aromatic N) is 5. The number of aromatic nitrogens is 3. The van der Waals surface area contributed by atoms with Gasteiger partial charge in [-0.1, -0.05) is 19.4 Å². The first-order valence-electron chi connectivity index (χ1n) is 10.6. The Morgan fingerprint density at radius 3 is 2.77 bits per heavy atom. The normalized spacial score (nSPS) is 15.7. The number of thiophene rings is 1. The molecule has 6 nitrogen and oxygen atoms in total. The molecule has 0 saturated heterocycles. The van der Waals surface area contributed by atoms with E-state index >= 15 is 0 Å². The van der Waals surface area contributed by atoms with Gasteiger partial charge in [0.05, 0.1) is 17.6 Å². The van der Waals surface area contributed by atoms with Crippen LogP contribution in [0.25, 0.3) is 0 Å². The molecule has 0 aliphatic carbocycles.